The molecule has 0 bridgehead atoms. The highest BCUT2D eigenvalue weighted by Crippen LogP contribution is 2.50. The molecule has 0 radical (unpaired) electrons. The van der Waals surface area contributed by atoms with E-state index in [-0.39, 0.29) is 18.3 Å². The number of nitrogens with zero attached hydrogens (tertiary/aromatic N) is 1. The van der Waals surface area contributed by atoms with Gasteiger partial charge in [0.2, 0.25) is 5.91 Å². The number of likely N-dealkylation sites (tertiary alicyclic amines) is 1. The van der Waals surface area contributed by atoms with Crippen molar-refractivity contribution < 1.29 is 14.3 Å². The lowest BCUT2D eigenvalue weighted by Crippen LogP contribution is -2.44. The molecule has 1 aliphatic carbocycles. The lowest BCUT2D eigenvalue weighted by molar-refractivity contribution is -0.133. The fourth-order valence-corrected chi connectivity index (χ4v) is 3.75. The van der Waals surface area contributed by atoms with Gasteiger partial charge in [-0.3, -0.25) is 4.79 Å². The van der Waals surface area contributed by atoms with Gasteiger partial charge >= 0.3 is 0 Å². The quantitative estimate of drug-likeness (QED) is 0.906. The Hall–Kier alpha value is -1.46. The molecule has 6 heteroatoms. The molecule has 1 aromatic carbocycles. The maximum absolute atomic E-state index is 12.7. The highest BCUT2D eigenvalue weighted by molar-refractivity contribution is 5.85. The number of amides is 1. The SMILES string of the molecule is CNC1CCN(C(=O)C2CC2c2ccc3c(c2)OCCO3)CC1.Cl. The van der Waals surface area contributed by atoms with E-state index in [0.717, 1.165) is 43.9 Å². The summed E-state index contributed by atoms with van der Waals surface area (Å²) in [5, 5.41) is 3.31. The molecule has 2 aliphatic heterocycles. The predicted molar refractivity (Wildman–Crippen MR) is 94.2 cm³/mol. The molecule has 1 saturated heterocycles. The maximum atomic E-state index is 12.7. The van der Waals surface area contributed by atoms with Crippen molar-refractivity contribution in [2.75, 3.05) is 33.4 Å². The lowest BCUT2D eigenvalue weighted by Gasteiger charge is -2.32. The molecule has 2 heterocycles. The fraction of sp³-hybridized carbons (Fsp3) is 0.611. The Balaban J connectivity index is 0.00000169. The first kappa shape index (κ1) is 17.4. The Morgan fingerprint density at radius 2 is 1.88 bits per heavy atom. The van der Waals surface area contributed by atoms with E-state index in [4.69, 9.17) is 9.47 Å². The molecule has 2 fully saturated rings. The van der Waals surface area contributed by atoms with E-state index < -0.39 is 0 Å². The van der Waals surface area contributed by atoms with Crippen molar-refractivity contribution in [1.82, 2.24) is 10.2 Å². The molecule has 1 N–H and O–H groups in total. The van der Waals surface area contributed by atoms with E-state index in [9.17, 15) is 4.79 Å². The average Bonchev–Trinajstić information content (AvgIpc) is 3.41. The number of piperidine rings is 1. The molecule has 1 amide bonds. The lowest BCUT2D eigenvalue weighted by atomic mass is 10.0. The van der Waals surface area contributed by atoms with Crippen molar-refractivity contribution in [3.63, 3.8) is 0 Å². The van der Waals surface area contributed by atoms with Crippen molar-refractivity contribution in [1.29, 1.82) is 0 Å². The van der Waals surface area contributed by atoms with Crippen LogP contribution in [0.2, 0.25) is 0 Å². The summed E-state index contributed by atoms with van der Waals surface area (Å²) in [5.74, 6) is 2.47. The molecule has 1 saturated carbocycles. The number of carbonyl (C=O) groups is 1. The molecule has 0 aromatic heterocycles. The van der Waals surface area contributed by atoms with Crippen molar-refractivity contribution in [3.05, 3.63) is 23.8 Å². The van der Waals surface area contributed by atoms with Crippen LogP contribution in [0, 0.1) is 5.92 Å². The molecular weight excluding hydrogens is 328 g/mol. The normalized spacial score (nSPS) is 25.8. The van der Waals surface area contributed by atoms with E-state index in [1.165, 1.54) is 5.56 Å². The van der Waals surface area contributed by atoms with Crippen LogP contribution in [0.15, 0.2) is 18.2 Å². The largest absolute Gasteiger partial charge is 0.486 e. The third kappa shape index (κ3) is 3.33. The summed E-state index contributed by atoms with van der Waals surface area (Å²) in [6.45, 7) is 2.98. The van der Waals surface area contributed by atoms with E-state index in [1.54, 1.807) is 0 Å². The smallest absolute Gasteiger partial charge is 0.226 e. The Morgan fingerprint density at radius 1 is 1.17 bits per heavy atom. The maximum Gasteiger partial charge on any atom is 0.226 e. The number of hydrogen-bond donors (Lipinski definition) is 1. The monoisotopic (exact) mass is 352 g/mol. The highest BCUT2D eigenvalue weighted by Gasteiger charge is 2.46. The van der Waals surface area contributed by atoms with Crippen LogP contribution in [0.25, 0.3) is 0 Å². The van der Waals surface area contributed by atoms with E-state index in [2.05, 4.69) is 22.3 Å². The zero-order valence-electron chi connectivity index (χ0n) is 14.0. The van der Waals surface area contributed by atoms with Gasteiger partial charge in [0, 0.05) is 25.0 Å². The number of fused-ring (bicyclic) bond motifs is 1. The highest BCUT2D eigenvalue weighted by atomic mass is 35.5. The third-order valence-electron chi connectivity index (χ3n) is 5.32. The van der Waals surface area contributed by atoms with Gasteiger partial charge in [0.15, 0.2) is 11.5 Å². The summed E-state index contributed by atoms with van der Waals surface area (Å²) in [7, 11) is 2.00. The van der Waals surface area contributed by atoms with Gasteiger partial charge in [-0.15, -0.1) is 12.4 Å². The van der Waals surface area contributed by atoms with Gasteiger partial charge < -0.3 is 19.7 Å². The minimum atomic E-state index is 0. The number of benzene rings is 1. The molecule has 5 nitrogen and oxygen atoms in total. The summed E-state index contributed by atoms with van der Waals surface area (Å²) >= 11 is 0. The van der Waals surface area contributed by atoms with E-state index >= 15 is 0 Å². The van der Waals surface area contributed by atoms with Crippen molar-refractivity contribution >= 4 is 18.3 Å². The van der Waals surface area contributed by atoms with Crippen molar-refractivity contribution in [2.24, 2.45) is 5.92 Å². The average molecular weight is 353 g/mol. The van der Waals surface area contributed by atoms with Crippen LogP contribution in [0.3, 0.4) is 0 Å². The van der Waals surface area contributed by atoms with Crippen LogP contribution in [0.5, 0.6) is 11.5 Å². The van der Waals surface area contributed by atoms with Gasteiger partial charge in [0.1, 0.15) is 13.2 Å². The molecule has 2 atom stereocenters. The first-order valence-electron chi connectivity index (χ1n) is 8.62. The second-order valence-corrected chi connectivity index (χ2v) is 6.74. The van der Waals surface area contributed by atoms with E-state index in [0.29, 0.717) is 31.1 Å². The van der Waals surface area contributed by atoms with Crippen LogP contribution in [-0.2, 0) is 4.79 Å². The first-order chi connectivity index (χ1) is 11.3. The molecule has 3 aliphatic rings. The van der Waals surface area contributed by atoms with Crippen LogP contribution in [0.1, 0.15) is 30.7 Å². The van der Waals surface area contributed by atoms with Crippen LogP contribution >= 0.6 is 12.4 Å². The Bertz CT molecular complexity index is 602. The number of rotatable bonds is 3. The zero-order chi connectivity index (χ0) is 15.8. The van der Waals surface area contributed by atoms with Gasteiger partial charge in [-0.2, -0.15) is 0 Å². The Morgan fingerprint density at radius 3 is 2.58 bits per heavy atom. The molecule has 4 rings (SSSR count). The number of ether oxygens (including phenoxy) is 2. The van der Waals surface area contributed by atoms with Gasteiger partial charge in [-0.05, 0) is 49.9 Å². The number of halogens is 1. The number of carbonyl (C=O) groups excluding carboxylic acids is 1. The predicted octanol–water partition coefficient (Wildman–Crippen LogP) is 2.19. The van der Waals surface area contributed by atoms with Gasteiger partial charge in [-0.25, -0.2) is 0 Å². The van der Waals surface area contributed by atoms with Crippen LogP contribution in [-0.4, -0.2) is 50.2 Å². The minimum absolute atomic E-state index is 0. The summed E-state index contributed by atoms with van der Waals surface area (Å²) in [6, 6.07) is 6.67. The molecule has 132 valence electrons. The second-order valence-electron chi connectivity index (χ2n) is 6.74. The summed E-state index contributed by atoms with van der Waals surface area (Å²) in [5.41, 5.74) is 1.21. The second kappa shape index (κ2) is 7.19. The minimum Gasteiger partial charge on any atom is -0.486 e. The molecule has 0 spiro atoms. The van der Waals surface area contributed by atoms with Crippen molar-refractivity contribution in [2.45, 2.75) is 31.2 Å². The van der Waals surface area contributed by atoms with Crippen LogP contribution < -0.4 is 14.8 Å². The Kier molecular flexibility index (Phi) is 5.21. The first-order valence-corrected chi connectivity index (χ1v) is 8.62. The summed E-state index contributed by atoms with van der Waals surface area (Å²) in [6.07, 6.45) is 3.08. The zero-order valence-corrected chi connectivity index (χ0v) is 14.8. The van der Waals surface area contributed by atoms with Gasteiger partial charge in [-0.1, -0.05) is 6.07 Å². The summed E-state index contributed by atoms with van der Waals surface area (Å²) in [4.78, 5) is 14.7. The Labute approximate surface area is 149 Å². The molecule has 24 heavy (non-hydrogen) atoms. The van der Waals surface area contributed by atoms with E-state index in [1.807, 2.05) is 13.1 Å². The van der Waals surface area contributed by atoms with Gasteiger partial charge in [0.05, 0.1) is 0 Å². The molecule has 2 unspecified atom stereocenters. The fourth-order valence-electron chi connectivity index (χ4n) is 3.75. The summed E-state index contributed by atoms with van der Waals surface area (Å²) < 4.78 is 11.2. The molecule has 1 aromatic rings. The topological polar surface area (TPSA) is 50.8 Å². The van der Waals surface area contributed by atoms with Crippen LogP contribution in [0.4, 0.5) is 0 Å². The molecular formula is C18H25ClN2O3. The van der Waals surface area contributed by atoms with Crippen molar-refractivity contribution in [3.8, 4) is 11.5 Å². The standard InChI is InChI=1S/C18H24N2O3.ClH/c1-19-13-4-6-20(7-5-13)18(21)15-11-14(15)12-2-3-16-17(10-12)23-9-8-22-16;/h2-3,10,13-15,19H,4-9,11H2,1H3;1H. The number of hydrogen-bond acceptors (Lipinski definition) is 4. The number of nitrogens with one attached hydrogen (secondary N) is 1. The third-order valence-corrected chi connectivity index (χ3v) is 5.32. The van der Waals surface area contributed by atoms with Gasteiger partial charge in [0.25, 0.3) is 0 Å².